The Morgan fingerprint density at radius 3 is 2.77 bits per heavy atom. The van der Waals surface area contributed by atoms with Crippen molar-refractivity contribution in [1.82, 2.24) is 10.3 Å². The van der Waals surface area contributed by atoms with Crippen molar-refractivity contribution >= 4 is 22.6 Å². The van der Waals surface area contributed by atoms with Gasteiger partial charge in [0.15, 0.2) is 0 Å². The smallest absolute Gasteiger partial charge is 0.319 e. The monoisotopic (exact) mass is 349 g/mol. The zero-order valence-corrected chi connectivity index (χ0v) is 15.1. The second-order valence-electron chi connectivity index (χ2n) is 6.02. The normalized spacial score (nSPS) is 10.5. The van der Waals surface area contributed by atoms with Gasteiger partial charge >= 0.3 is 6.03 Å². The number of hydrogen-bond donors (Lipinski definition) is 2. The molecule has 0 aliphatic rings. The fourth-order valence-corrected chi connectivity index (χ4v) is 2.88. The highest BCUT2D eigenvalue weighted by atomic mass is 16.5. The third-order valence-corrected chi connectivity index (χ3v) is 4.22. The van der Waals surface area contributed by atoms with Gasteiger partial charge in [-0.15, -0.1) is 0 Å². The maximum atomic E-state index is 12.2. The van der Waals surface area contributed by atoms with Gasteiger partial charge in [-0.1, -0.05) is 43.3 Å². The first-order valence-electron chi connectivity index (χ1n) is 8.79. The highest BCUT2D eigenvalue weighted by molar-refractivity contribution is 5.91. The minimum absolute atomic E-state index is 0.228. The molecule has 3 rings (SSSR count). The van der Waals surface area contributed by atoms with Gasteiger partial charge in [0, 0.05) is 17.3 Å². The maximum Gasteiger partial charge on any atom is 0.319 e. The molecule has 0 fully saturated rings. The molecule has 5 nitrogen and oxygen atoms in total. The third kappa shape index (κ3) is 4.11. The second-order valence-corrected chi connectivity index (χ2v) is 6.02. The molecule has 26 heavy (non-hydrogen) atoms. The molecule has 0 radical (unpaired) electrons. The lowest BCUT2D eigenvalue weighted by atomic mass is 10.1. The summed E-state index contributed by atoms with van der Waals surface area (Å²) in [6.07, 6.45) is 2.61. The molecule has 3 aromatic rings. The van der Waals surface area contributed by atoms with Gasteiger partial charge in [0.05, 0.1) is 6.54 Å². The molecule has 0 bridgehead atoms. The topological polar surface area (TPSA) is 63.2 Å². The van der Waals surface area contributed by atoms with Crippen molar-refractivity contribution in [2.75, 3.05) is 18.5 Å². The van der Waals surface area contributed by atoms with E-state index in [4.69, 9.17) is 4.74 Å². The van der Waals surface area contributed by atoms with Gasteiger partial charge in [0.25, 0.3) is 0 Å². The SMILES string of the molecule is CCc1cccc(C)c1NC(=O)NCCOc1cccc2cccnc12. The summed E-state index contributed by atoms with van der Waals surface area (Å²) in [5, 5.41) is 6.80. The fraction of sp³-hybridized carbons (Fsp3) is 0.238. The molecule has 5 heteroatoms. The van der Waals surface area contributed by atoms with Gasteiger partial charge in [-0.05, 0) is 36.6 Å². The molecule has 0 spiro atoms. The zero-order valence-electron chi connectivity index (χ0n) is 15.1. The van der Waals surface area contributed by atoms with Crippen LogP contribution in [0.4, 0.5) is 10.5 Å². The molecule has 2 N–H and O–H groups in total. The van der Waals surface area contributed by atoms with E-state index in [1.54, 1.807) is 6.20 Å². The molecule has 0 saturated carbocycles. The van der Waals surface area contributed by atoms with Crippen molar-refractivity contribution in [1.29, 1.82) is 0 Å². The molecule has 0 unspecified atom stereocenters. The Bertz CT molecular complexity index is 903. The lowest BCUT2D eigenvalue weighted by Gasteiger charge is -2.14. The van der Waals surface area contributed by atoms with Crippen LogP contribution in [0.15, 0.2) is 54.7 Å². The Hall–Kier alpha value is -3.08. The van der Waals surface area contributed by atoms with Crippen molar-refractivity contribution in [3.63, 3.8) is 0 Å². The first-order chi connectivity index (χ1) is 12.7. The van der Waals surface area contributed by atoms with Crippen molar-refractivity contribution in [3.05, 3.63) is 65.9 Å². The minimum atomic E-state index is -0.228. The summed E-state index contributed by atoms with van der Waals surface area (Å²) in [5.41, 5.74) is 3.88. The van der Waals surface area contributed by atoms with Gasteiger partial charge < -0.3 is 15.4 Å². The fourth-order valence-electron chi connectivity index (χ4n) is 2.88. The van der Waals surface area contributed by atoms with E-state index in [2.05, 4.69) is 22.5 Å². The standard InChI is InChI=1S/C21H23N3O2/c1-3-16-8-4-7-15(2)19(16)24-21(25)23-13-14-26-18-11-5-9-17-10-6-12-22-20(17)18/h4-12H,3,13-14H2,1-2H3,(H2,23,24,25). The van der Waals surface area contributed by atoms with Crippen LogP contribution in [0, 0.1) is 6.92 Å². The van der Waals surface area contributed by atoms with E-state index >= 15 is 0 Å². The molecule has 1 heterocycles. The molecule has 0 saturated heterocycles. The Morgan fingerprint density at radius 2 is 1.92 bits per heavy atom. The van der Waals surface area contributed by atoms with Crippen LogP contribution in [0.2, 0.25) is 0 Å². The largest absolute Gasteiger partial charge is 0.489 e. The summed E-state index contributed by atoms with van der Waals surface area (Å²) >= 11 is 0. The van der Waals surface area contributed by atoms with E-state index in [0.29, 0.717) is 13.2 Å². The van der Waals surface area contributed by atoms with Crippen LogP contribution in [0.5, 0.6) is 5.75 Å². The van der Waals surface area contributed by atoms with E-state index < -0.39 is 0 Å². The van der Waals surface area contributed by atoms with E-state index in [-0.39, 0.29) is 6.03 Å². The van der Waals surface area contributed by atoms with Gasteiger partial charge in [-0.2, -0.15) is 0 Å². The number of nitrogens with one attached hydrogen (secondary N) is 2. The average molecular weight is 349 g/mol. The third-order valence-electron chi connectivity index (χ3n) is 4.22. The first kappa shape index (κ1) is 17.7. The van der Waals surface area contributed by atoms with Crippen LogP contribution >= 0.6 is 0 Å². The van der Waals surface area contributed by atoms with Gasteiger partial charge in [0.2, 0.25) is 0 Å². The maximum absolute atomic E-state index is 12.2. The van der Waals surface area contributed by atoms with E-state index in [1.165, 1.54) is 0 Å². The van der Waals surface area contributed by atoms with Crippen LogP contribution < -0.4 is 15.4 Å². The number of nitrogens with zero attached hydrogens (tertiary/aromatic N) is 1. The molecule has 0 aliphatic heterocycles. The summed E-state index contributed by atoms with van der Waals surface area (Å²) in [5.74, 6) is 0.720. The summed E-state index contributed by atoms with van der Waals surface area (Å²) in [7, 11) is 0. The molecular weight excluding hydrogens is 326 g/mol. The van der Waals surface area contributed by atoms with Gasteiger partial charge in [-0.25, -0.2) is 4.79 Å². The van der Waals surface area contributed by atoms with E-state index in [9.17, 15) is 4.79 Å². The predicted octanol–water partition coefficient (Wildman–Crippen LogP) is 4.31. The number of carbonyl (C=O) groups is 1. The summed E-state index contributed by atoms with van der Waals surface area (Å²) in [6.45, 7) is 4.84. The number of anilines is 1. The number of aromatic nitrogens is 1. The molecule has 2 amide bonds. The number of fused-ring (bicyclic) bond motifs is 1. The number of ether oxygens (including phenoxy) is 1. The first-order valence-corrected chi connectivity index (χ1v) is 8.79. The van der Waals surface area contributed by atoms with Crippen LogP contribution in [-0.4, -0.2) is 24.2 Å². The number of carbonyl (C=O) groups excluding carboxylic acids is 1. The Kier molecular flexibility index (Phi) is 5.69. The van der Waals surface area contributed by atoms with Crippen molar-refractivity contribution < 1.29 is 9.53 Å². The lowest BCUT2D eigenvalue weighted by Crippen LogP contribution is -2.32. The number of para-hydroxylation sites is 2. The van der Waals surface area contributed by atoms with Crippen molar-refractivity contribution in [2.24, 2.45) is 0 Å². The molecular formula is C21H23N3O2. The van der Waals surface area contributed by atoms with Crippen molar-refractivity contribution in [3.8, 4) is 5.75 Å². The molecule has 0 atom stereocenters. The number of urea groups is 1. The van der Waals surface area contributed by atoms with Crippen LogP contribution in [0.3, 0.4) is 0 Å². The number of hydrogen-bond acceptors (Lipinski definition) is 3. The minimum Gasteiger partial charge on any atom is -0.489 e. The summed E-state index contributed by atoms with van der Waals surface area (Å²) in [6, 6.07) is 15.5. The zero-order chi connectivity index (χ0) is 18.4. The van der Waals surface area contributed by atoms with Gasteiger partial charge in [-0.3, -0.25) is 4.98 Å². The molecule has 134 valence electrons. The second kappa shape index (κ2) is 8.34. The number of amides is 2. The number of pyridine rings is 1. The predicted molar refractivity (Wildman–Crippen MR) is 105 cm³/mol. The van der Waals surface area contributed by atoms with Crippen molar-refractivity contribution in [2.45, 2.75) is 20.3 Å². The number of rotatable bonds is 6. The Labute approximate surface area is 153 Å². The molecule has 2 aromatic carbocycles. The van der Waals surface area contributed by atoms with E-state index in [1.807, 2.05) is 55.5 Å². The molecule has 1 aromatic heterocycles. The summed E-state index contributed by atoms with van der Waals surface area (Å²) < 4.78 is 5.78. The Morgan fingerprint density at radius 1 is 1.12 bits per heavy atom. The quantitative estimate of drug-likeness (QED) is 0.652. The number of benzene rings is 2. The lowest BCUT2D eigenvalue weighted by molar-refractivity contribution is 0.247. The van der Waals surface area contributed by atoms with Crippen LogP contribution in [0.1, 0.15) is 18.1 Å². The highest BCUT2D eigenvalue weighted by Gasteiger charge is 2.08. The summed E-state index contributed by atoms with van der Waals surface area (Å²) in [4.78, 5) is 16.5. The number of aryl methyl sites for hydroxylation is 2. The highest BCUT2D eigenvalue weighted by Crippen LogP contribution is 2.23. The van der Waals surface area contributed by atoms with E-state index in [0.717, 1.165) is 39.9 Å². The van der Waals surface area contributed by atoms with Crippen LogP contribution in [-0.2, 0) is 6.42 Å². The van der Waals surface area contributed by atoms with Crippen LogP contribution in [0.25, 0.3) is 10.9 Å². The molecule has 0 aliphatic carbocycles. The van der Waals surface area contributed by atoms with Gasteiger partial charge in [0.1, 0.15) is 17.9 Å². The average Bonchev–Trinajstić information content (AvgIpc) is 2.67. The Balaban J connectivity index is 1.53.